The van der Waals surface area contributed by atoms with Crippen molar-refractivity contribution in [2.75, 3.05) is 13.2 Å². The van der Waals surface area contributed by atoms with E-state index in [1.807, 2.05) is 60.7 Å². The molecule has 0 amide bonds. The van der Waals surface area contributed by atoms with Gasteiger partial charge in [-0.1, -0.05) is 78.8 Å². The van der Waals surface area contributed by atoms with Crippen molar-refractivity contribution in [3.8, 4) is 0 Å². The zero-order chi connectivity index (χ0) is 21.5. The Morgan fingerprint density at radius 1 is 1.10 bits per heavy atom. The number of benzene rings is 2. The van der Waals surface area contributed by atoms with E-state index in [0.717, 1.165) is 23.3 Å². The summed E-state index contributed by atoms with van der Waals surface area (Å²) in [5.74, 6) is 0. The number of thioether (sulfide) groups is 1. The zero-order valence-corrected chi connectivity index (χ0v) is 18.3. The van der Waals surface area contributed by atoms with Gasteiger partial charge in [0.25, 0.3) is 0 Å². The molecule has 2 aromatic rings. The minimum atomic E-state index is -0.525. The van der Waals surface area contributed by atoms with Crippen LogP contribution >= 0.6 is 11.8 Å². The predicted octanol–water partition coefficient (Wildman–Crippen LogP) is 5.48. The third-order valence-corrected chi connectivity index (χ3v) is 6.53. The first-order valence-corrected chi connectivity index (χ1v) is 11.5. The summed E-state index contributed by atoms with van der Waals surface area (Å²) >= 11 is 1.53. The van der Waals surface area contributed by atoms with E-state index in [4.69, 9.17) is 18.9 Å². The van der Waals surface area contributed by atoms with Crippen molar-refractivity contribution in [2.45, 2.75) is 60.7 Å². The fourth-order valence-electron chi connectivity index (χ4n) is 3.81. The van der Waals surface area contributed by atoms with Crippen LogP contribution in [-0.2, 0) is 18.9 Å². The van der Waals surface area contributed by atoms with Crippen LogP contribution < -0.4 is 0 Å². The number of hydrogen-bond donors (Lipinski definition) is 0. The topological polar surface area (TPSA) is 85.7 Å². The van der Waals surface area contributed by atoms with Gasteiger partial charge in [0.15, 0.2) is 6.29 Å². The maximum absolute atomic E-state index is 9.29. The third-order valence-electron chi connectivity index (χ3n) is 5.37. The molecule has 6 atom stereocenters. The van der Waals surface area contributed by atoms with Crippen LogP contribution in [-0.4, -0.2) is 43.0 Å². The Morgan fingerprint density at radius 3 is 2.55 bits per heavy atom. The Morgan fingerprint density at radius 2 is 1.84 bits per heavy atom. The molecule has 0 saturated carbocycles. The van der Waals surface area contributed by atoms with Crippen molar-refractivity contribution in [3.05, 3.63) is 76.7 Å². The zero-order valence-electron chi connectivity index (χ0n) is 17.4. The van der Waals surface area contributed by atoms with E-state index >= 15 is 0 Å². The molecule has 2 aliphatic rings. The minimum Gasteiger partial charge on any atom is -0.375 e. The number of unbranched alkanes of at least 4 members (excludes halogenated alkanes) is 1. The molecule has 8 heteroatoms. The Kier molecular flexibility index (Phi) is 7.86. The van der Waals surface area contributed by atoms with Gasteiger partial charge in [-0.25, -0.2) is 0 Å². The fraction of sp³-hybridized carbons (Fsp3) is 0.478. The summed E-state index contributed by atoms with van der Waals surface area (Å²) in [7, 11) is 0. The molecule has 2 saturated heterocycles. The Bertz CT molecular complexity index is 866. The Hall–Kier alpha value is -2.06. The summed E-state index contributed by atoms with van der Waals surface area (Å²) in [4.78, 5) is 4.15. The van der Waals surface area contributed by atoms with Gasteiger partial charge in [0.05, 0.1) is 12.7 Å². The second kappa shape index (κ2) is 11.0. The van der Waals surface area contributed by atoms with Gasteiger partial charge in [-0.05, 0) is 24.1 Å². The highest BCUT2D eigenvalue weighted by Gasteiger charge is 2.50. The van der Waals surface area contributed by atoms with Crippen LogP contribution in [0.1, 0.15) is 31.6 Å². The SMILES string of the molecule is CCCCOC1C(N=[N+]=[N-])[C@@H](Sc2ccccc2)OC2COC(c3ccccc3)O[C@H]21. The highest BCUT2D eigenvalue weighted by atomic mass is 32.2. The van der Waals surface area contributed by atoms with Gasteiger partial charge in [-0.3, -0.25) is 0 Å². The average molecular weight is 442 g/mol. The molecule has 2 fully saturated rings. The molecule has 0 bridgehead atoms. The molecule has 0 radical (unpaired) electrons. The molecule has 31 heavy (non-hydrogen) atoms. The number of hydrogen-bond acceptors (Lipinski definition) is 6. The summed E-state index contributed by atoms with van der Waals surface area (Å²) in [6.07, 6.45) is 0.317. The summed E-state index contributed by atoms with van der Waals surface area (Å²) in [5, 5.41) is 4.10. The molecule has 0 N–H and O–H groups in total. The second-order valence-corrected chi connectivity index (χ2v) is 8.71. The first-order valence-electron chi connectivity index (χ1n) is 10.6. The molecule has 2 aromatic carbocycles. The molecule has 164 valence electrons. The standard InChI is InChI=1S/C23H27N3O4S/c1-2-3-14-27-21-19(25-26-24)23(31-17-12-8-5-9-13-17)29-18-15-28-22(30-20(18)21)16-10-6-4-7-11-16/h4-13,18-23H,2-3,14-15H2,1H3/t18?,19?,20-,21?,22?,23-/m1/s1. The van der Waals surface area contributed by atoms with E-state index in [1.54, 1.807) is 0 Å². The lowest BCUT2D eigenvalue weighted by Crippen LogP contribution is -2.61. The molecule has 0 spiro atoms. The van der Waals surface area contributed by atoms with Gasteiger partial charge in [-0.2, -0.15) is 0 Å². The van der Waals surface area contributed by atoms with Crippen LogP contribution in [0.3, 0.4) is 0 Å². The number of nitrogens with zero attached hydrogens (tertiary/aromatic N) is 3. The summed E-state index contributed by atoms with van der Waals surface area (Å²) in [5.41, 5.74) is 9.83. The Labute approximate surface area is 186 Å². The van der Waals surface area contributed by atoms with Crippen molar-refractivity contribution < 1.29 is 18.9 Å². The van der Waals surface area contributed by atoms with Crippen molar-refractivity contribution in [1.82, 2.24) is 0 Å². The molecule has 4 unspecified atom stereocenters. The first kappa shape index (κ1) is 22.1. The number of azide groups is 1. The lowest BCUT2D eigenvalue weighted by molar-refractivity contribution is -0.310. The fourth-order valence-corrected chi connectivity index (χ4v) is 4.94. The quantitative estimate of drug-likeness (QED) is 0.234. The van der Waals surface area contributed by atoms with Crippen molar-refractivity contribution in [2.24, 2.45) is 5.11 Å². The molecule has 2 heterocycles. The van der Waals surface area contributed by atoms with Gasteiger partial charge in [0.1, 0.15) is 23.7 Å². The van der Waals surface area contributed by atoms with Crippen LogP contribution in [0.5, 0.6) is 0 Å². The molecule has 0 aliphatic carbocycles. The van der Waals surface area contributed by atoms with Crippen LogP contribution in [0, 0.1) is 0 Å². The molecule has 0 aromatic heterocycles. The molecule has 7 nitrogen and oxygen atoms in total. The normalized spacial score (nSPS) is 30.2. The van der Waals surface area contributed by atoms with E-state index in [9.17, 15) is 5.53 Å². The predicted molar refractivity (Wildman–Crippen MR) is 119 cm³/mol. The van der Waals surface area contributed by atoms with Gasteiger partial charge >= 0.3 is 0 Å². The van der Waals surface area contributed by atoms with Gasteiger partial charge in [0, 0.05) is 22.0 Å². The number of rotatable bonds is 8. The van der Waals surface area contributed by atoms with Crippen LogP contribution in [0.2, 0.25) is 0 Å². The third kappa shape index (κ3) is 5.41. The van der Waals surface area contributed by atoms with E-state index in [-0.39, 0.29) is 12.2 Å². The summed E-state index contributed by atoms with van der Waals surface area (Å²) in [6, 6.07) is 19.2. The van der Waals surface area contributed by atoms with Crippen molar-refractivity contribution in [3.63, 3.8) is 0 Å². The summed E-state index contributed by atoms with van der Waals surface area (Å²) < 4.78 is 24.9. The van der Waals surface area contributed by atoms with Crippen molar-refractivity contribution >= 4 is 11.8 Å². The maximum atomic E-state index is 9.29. The van der Waals surface area contributed by atoms with Crippen LogP contribution in [0.15, 0.2) is 70.7 Å². The highest BCUT2D eigenvalue weighted by molar-refractivity contribution is 7.99. The second-order valence-electron chi connectivity index (χ2n) is 7.53. The van der Waals surface area contributed by atoms with Gasteiger partial charge in [0.2, 0.25) is 0 Å². The highest BCUT2D eigenvalue weighted by Crippen LogP contribution is 2.41. The maximum Gasteiger partial charge on any atom is 0.184 e. The van der Waals surface area contributed by atoms with Gasteiger partial charge in [-0.15, -0.1) is 0 Å². The average Bonchev–Trinajstić information content (AvgIpc) is 2.82. The van der Waals surface area contributed by atoms with E-state index in [0.29, 0.717) is 13.2 Å². The molecular weight excluding hydrogens is 414 g/mol. The largest absolute Gasteiger partial charge is 0.375 e. The number of ether oxygens (including phenoxy) is 4. The Balaban J connectivity index is 1.58. The minimum absolute atomic E-state index is 0.307. The number of fused-ring (bicyclic) bond motifs is 1. The smallest absolute Gasteiger partial charge is 0.184 e. The first-order chi connectivity index (χ1) is 15.3. The van der Waals surface area contributed by atoms with Gasteiger partial charge < -0.3 is 18.9 Å². The van der Waals surface area contributed by atoms with E-state index in [1.165, 1.54) is 11.8 Å². The van der Waals surface area contributed by atoms with E-state index < -0.39 is 23.9 Å². The summed E-state index contributed by atoms with van der Waals surface area (Å²) in [6.45, 7) is 3.07. The van der Waals surface area contributed by atoms with E-state index in [2.05, 4.69) is 16.9 Å². The van der Waals surface area contributed by atoms with Crippen LogP contribution in [0.4, 0.5) is 0 Å². The molecular formula is C23H27N3O4S. The van der Waals surface area contributed by atoms with Crippen molar-refractivity contribution in [1.29, 1.82) is 0 Å². The van der Waals surface area contributed by atoms with Crippen LogP contribution in [0.25, 0.3) is 10.4 Å². The molecule has 2 aliphatic heterocycles. The lowest BCUT2D eigenvalue weighted by atomic mass is 9.97. The molecule has 4 rings (SSSR count). The lowest BCUT2D eigenvalue weighted by Gasteiger charge is -2.48. The monoisotopic (exact) mass is 441 g/mol.